The Morgan fingerprint density at radius 3 is 2.03 bits per heavy atom. The maximum Gasteiger partial charge on any atom is 0.390 e. The van der Waals surface area contributed by atoms with Gasteiger partial charge < -0.3 is 15.0 Å². The monoisotopic (exact) mass is 512 g/mol. The van der Waals surface area contributed by atoms with Crippen molar-refractivity contribution in [2.45, 2.75) is 78.2 Å². The number of halogens is 6. The molecule has 35 heavy (non-hydrogen) atoms. The number of aryl methyl sites for hydroxylation is 2. The van der Waals surface area contributed by atoms with Crippen molar-refractivity contribution in [3.63, 3.8) is 0 Å². The minimum atomic E-state index is -4.39. The van der Waals surface area contributed by atoms with Gasteiger partial charge in [-0.05, 0) is 32.8 Å². The van der Waals surface area contributed by atoms with Crippen LogP contribution >= 0.6 is 0 Å². The third-order valence-electron chi connectivity index (χ3n) is 5.35. The molecule has 0 atom stereocenters. The predicted molar refractivity (Wildman–Crippen MR) is 124 cm³/mol. The third-order valence-corrected chi connectivity index (χ3v) is 5.35. The van der Waals surface area contributed by atoms with Gasteiger partial charge in [0.2, 0.25) is 5.91 Å². The van der Waals surface area contributed by atoms with Crippen LogP contribution in [0.25, 0.3) is 0 Å². The van der Waals surface area contributed by atoms with E-state index in [2.05, 4.69) is 5.32 Å². The zero-order valence-electron chi connectivity index (χ0n) is 21.2. The SMILES string of the molecule is Cc1ccc(CCC(=O)N(CCC(F)(F)F)CC(C)(C)COCC(C)(C)NCCC(F)(F)F)cc1. The van der Waals surface area contributed by atoms with Crippen molar-refractivity contribution < 1.29 is 35.9 Å². The first-order chi connectivity index (χ1) is 15.9. The molecule has 1 aromatic carbocycles. The van der Waals surface area contributed by atoms with Gasteiger partial charge in [0, 0.05) is 37.0 Å². The van der Waals surface area contributed by atoms with Gasteiger partial charge in [0.05, 0.1) is 26.1 Å². The van der Waals surface area contributed by atoms with E-state index in [1.165, 1.54) is 4.90 Å². The van der Waals surface area contributed by atoms with Crippen LogP contribution < -0.4 is 5.32 Å². The second-order valence-corrected chi connectivity index (χ2v) is 10.5. The molecular formula is C25H38F6N2O2. The highest BCUT2D eigenvalue weighted by Gasteiger charge is 2.32. The molecule has 4 nitrogen and oxygen atoms in total. The molecule has 0 bridgehead atoms. The fourth-order valence-corrected chi connectivity index (χ4v) is 3.46. The van der Waals surface area contributed by atoms with Crippen molar-refractivity contribution in [3.05, 3.63) is 35.4 Å². The van der Waals surface area contributed by atoms with E-state index in [0.29, 0.717) is 6.42 Å². The molecule has 1 aromatic rings. The summed E-state index contributed by atoms with van der Waals surface area (Å²) >= 11 is 0. The first-order valence-electron chi connectivity index (χ1n) is 11.7. The number of alkyl halides is 6. The van der Waals surface area contributed by atoms with E-state index in [1.54, 1.807) is 27.7 Å². The summed E-state index contributed by atoms with van der Waals surface area (Å²) in [5, 5.41) is 2.80. The standard InChI is InChI=1S/C25H38F6N2O2/c1-19-6-8-20(9-7-19)10-11-21(34)33(15-13-25(29,30)31)16-22(2,3)17-35-18-23(4,5)32-14-12-24(26,27)28/h6-9,32H,10-18H2,1-5H3. The van der Waals surface area contributed by atoms with Crippen molar-refractivity contribution in [3.8, 4) is 0 Å². The Morgan fingerprint density at radius 1 is 0.914 bits per heavy atom. The lowest BCUT2D eigenvalue weighted by molar-refractivity contribution is -0.147. The largest absolute Gasteiger partial charge is 0.390 e. The lowest BCUT2D eigenvalue weighted by Crippen LogP contribution is -2.46. The highest BCUT2D eigenvalue weighted by atomic mass is 19.4. The van der Waals surface area contributed by atoms with Gasteiger partial charge in [-0.3, -0.25) is 4.79 Å². The fraction of sp³-hybridized carbons (Fsp3) is 0.720. The number of benzene rings is 1. The average Bonchev–Trinajstić information content (AvgIpc) is 2.68. The molecule has 0 saturated carbocycles. The zero-order valence-corrected chi connectivity index (χ0v) is 21.2. The quantitative estimate of drug-likeness (QED) is 0.308. The van der Waals surface area contributed by atoms with Gasteiger partial charge in [0.25, 0.3) is 0 Å². The Hall–Kier alpha value is -1.81. The Kier molecular flexibility index (Phi) is 11.5. The number of ether oxygens (including phenoxy) is 1. The number of carbonyl (C=O) groups is 1. The lowest BCUT2D eigenvalue weighted by atomic mass is 9.93. The highest BCUT2D eigenvalue weighted by molar-refractivity contribution is 5.76. The molecule has 0 aliphatic heterocycles. The summed E-state index contributed by atoms with van der Waals surface area (Å²) in [6, 6.07) is 7.62. The van der Waals surface area contributed by atoms with E-state index in [4.69, 9.17) is 4.74 Å². The van der Waals surface area contributed by atoms with E-state index in [9.17, 15) is 31.1 Å². The van der Waals surface area contributed by atoms with Crippen LogP contribution in [0.2, 0.25) is 0 Å². The van der Waals surface area contributed by atoms with Gasteiger partial charge in [-0.15, -0.1) is 0 Å². The minimum Gasteiger partial charge on any atom is -0.379 e. The molecule has 0 unspecified atom stereocenters. The first kappa shape index (κ1) is 31.2. The number of rotatable bonds is 14. The topological polar surface area (TPSA) is 41.6 Å². The van der Waals surface area contributed by atoms with Gasteiger partial charge in [-0.25, -0.2) is 0 Å². The molecule has 1 N–H and O–H groups in total. The number of amides is 1. The Morgan fingerprint density at radius 2 is 1.49 bits per heavy atom. The summed E-state index contributed by atoms with van der Waals surface area (Å²) in [4.78, 5) is 14.1. The summed E-state index contributed by atoms with van der Waals surface area (Å²) in [5.74, 6) is -0.364. The lowest BCUT2D eigenvalue weighted by Gasteiger charge is -2.34. The molecule has 0 heterocycles. The van der Waals surface area contributed by atoms with Gasteiger partial charge in [0.15, 0.2) is 0 Å². The number of hydrogen-bond donors (Lipinski definition) is 1. The summed E-state index contributed by atoms with van der Waals surface area (Å²) in [6.07, 6.45) is -10.2. The van der Waals surface area contributed by atoms with Crippen LogP contribution in [0.15, 0.2) is 24.3 Å². The molecule has 0 radical (unpaired) electrons. The van der Waals surface area contributed by atoms with Crippen molar-refractivity contribution in [1.82, 2.24) is 10.2 Å². The second kappa shape index (κ2) is 12.9. The fourth-order valence-electron chi connectivity index (χ4n) is 3.46. The molecule has 0 spiro atoms. The highest BCUT2D eigenvalue weighted by Crippen LogP contribution is 2.24. The number of nitrogens with one attached hydrogen (secondary N) is 1. The molecule has 0 aliphatic rings. The van der Waals surface area contributed by atoms with Crippen LogP contribution in [0.4, 0.5) is 26.3 Å². The Labute approximate surface area is 204 Å². The predicted octanol–water partition coefficient (Wildman–Crippen LogP) is 6.07. The first-order valence-corrected chi connectivity index (χ1v) is 11.7. The maximum absolute atomic E-state index is 12.9. The van der Waals surface area contributed by atoms with Crippen LogP contribution in [0.5, 0.6) is 0 Å². The second-order valence-electron chi connectivity index (χ2n) is 10.5. The van der Waals surface area contributed by atoms with Crippen LogP contribution in [0.3, 0.4) is 0 Å². The molecule has 10 heteroatoms. The molecule has 202 valence electrons. The van der Waals surface area contributed by atoms with Gasteiger partial charge in [-0.1, -0.05) is 43.7 Å². The summed E-state index contributed by atoms with van der Waals surface area (Å²) < 4.78 is 81.4. The smallest absolute Gasteiger partial charge is 0.379 e. The number of carbonyl (C=O) groups excluding carboxylic acids is 1. The summed E-state index contributed by atoms with van der Waals surface area (Å²) in [7, 11) is 0. The summed E-state index contributed by atoms with van der Waals surface area (Å²) in [6.45, 7) is 8.55. The van der Waals surface area contributed by atoms with Crippen molar-refractivity contribution in [2.75, 3.05) is 32.8 Å². The van der Waals surface area contributed by atoms with Gasteiger partial charge in [-0.2, -0.15) is 26.3 Å². The third kappa shape index (κ3) is 15.0. The van der Waals surface area contributed by atoms with Crippen molar-refractivity contribution >= 4 is 5.91 Å². The normalized spacial score (nSPS) is 13.2. The molecule has 0 saturated heterocycles. The van der Waals surface area contributed by atoms with Crippen LogP contribution in [0.1, 0.15) is 58.1 Å². The molecule has 1 amide bonds. The van der Waals surface area contributed by atoms with E-state index < -0.39 is 42.7 Å². The van der Waals surface area contributed by atoms with E-state index in [1.807, 2.05) is 31.2 Å². The maximum atomic E-state index is 12.9. The number of hydrogen-bond acceptors (Lipinski definition) is 3. The summed E-state index contributed by atoms with van der Waals surface area (Å²) in [5.41, 5.74) is 0.629. The van der Waals surface area contributed by atoms with E-state index >= 15 is 0 Å². The molecule has 0 aromatic heterocycles. The molecular weight excluding hydrogens is 474 g/mol. The van der Waals surface area contributed by atoms with E-state index in [0.717, 1.165) is 11.1 Å². The molecule has 0 aliphatic carbocycles. The zero-order chi connectivity index (χ0) is 26.9. The number of nitrogens with zero attached hydrogens (tertiary/aromatic N) is 1. The minimum absolute atomic E-state index is 0.0672. The van der Waals surface area contributed by atoms with Gasteiger partial charge in [0.1, 0.15) is 0 Å². The van der Waals surface area contributed by atoms with Gasteiger partial charge >= 0.3 is 12.4 Å². The van der Waals surface area contributed by atoms with Crippen molar-refractivity contribution in [2.24, 2.45) is 5.41 Å². The van der Waals surface area contributed by atoms with Crippen LogP contribution in [0, 0.1) is 12.3 Å². The molecule has 1 rings (SSSR count). The van der Waals surface area contributed by atoms with Crippen LogP contribution in [-0.2, 0) is 16.0 Å². The van der Waals surface area contributed by atoms with Crippen molar-refractivity contribution in [1.29, 1.82) is 0 Å². The van der Waals surface area contributed by atoms with E-state index in [-0.39, 0.29) is 38.6 Å². The van der Waals surface area contributed by atoms with Crippen LogP contribution in [-0.4, -0.2) is 61.5 Å². The molecule has 0 fully saturated rings. The Balaban J connectivity index is 2.66. The Bertz CT molecular complexity index is 774. The average molecular weight is 513 g/mol.